The lowest BCUT2D eigenvalue weighted by molar-refractivity contribution is -0.388. The summed E-state index contributed by atoms with van der Waals surface area (Å²) in [6.07, 6.45) is 3.12. The summed E-state index contributed by atoms with van der Waals surface area (Å²) in [5.74, 6) is 0. The van der Waals surface area contributed by atoms with E-state index >= 15 is 0 Å². The number of aromatic nitrogens is 1. The molecular weight excluding hydrogens is 302 g/mol. The molecule has 2 rings (SSSR count). The zero-order chi connectivity index (χ0) is 14.8. The van der Waals surface area contributed by atoms with Crippen LogP contribution in [0.1, 0.15) is 0 Å². The number of nitrogens with two attached hydrogens (primary N) is 1. The molecule has 0 bridgehead atoms. The van der Waals surface area contributed by atoms with Gasteiger partial charge in [-0.05, 0) is 24.3 Å². The summed E-state index contributed by atoms with van der Waals surface area (Å²) >= 11 is 1.14. The third-order valence-electron chi connectivity index (χ3n) is 2.33. The second kappa shape index (κ2) is 5.57. The van der Waals surface area contributed by atoms with Crippen LogP contribution in [0.2, 0.25) is 0 Å². The molecule has 0 aliphatic rings. The molecule has 7 nitrogen and oxygen atoms in total. The van der Waals surface area contributed by atoms with E-state index in [-0.39, 0.29) is 10.6 Å². The normalized spacial score (nSPS) is 11.2. The molecule has 9 heteroatoms. The quantitative estimate of drug-likeness (QED) is 0.679. The second-order valence-electron chi connectivity index (χ2n) is 3.72. The standard InChI is InChI=1S/C11H9N3O4S2/c12-20(17,18)9-1-2-11(10(7-9)14(15)16)19-8-3-5-13-6-4-8/h1-7H,(H2,12,17,18). The summed E-state index contributed by atoms with van der Waals surface area (Å²) < 4.78 is 22.4. The molecule has 0 aliphatic heterocycles. The van der Waals surface area contributed by atoms with Gasteiger partial charge in [0.25, 0.3) is 5.69 Å². The minimum atomic E-state index is -3.97. The highest BCUT2D eigenvalue weighted by Crippen LogP contribution is 2.35. The Morgan fingerprint density at radius 1 is 1.20 bits per heavy atom. The second-order valence-corrected chi connectivity index (χ2v) is 6.39. The summed E-state index contributed by atoms with van der Waals surface area (Å²) in [6.45, 7) is 0. The molecule has 104 valence electrons. The zero-order valence-electron chi connectivity index (χ0n) is 9.96. The van der Waals surface area contributed by atoms with Gasteiger partial charge >= 0.3 is 0 Å². The van der Waals surface area contributed by atoms with Crippen molar-refractivity contribution in [3.63, 3.8) is 0 Å². The van der Waals surface area contributed by atoms with Gasteiger partial charge in [-0.3, -0.25) is 15.1 Å². The maximum absolute atomic E-state index is 11.2. The molecule has 2 aromatic rings. The highest BCUT2D eigenvalue weighted by atomic mass is 32.2. The average molecular weight is 311 g/mol. The maximum Gasteiger partial charge on any atom is 0.284 e. The molecule has 20 heavy (non-hydrogen) atoms. The molecule has 1 aromatic carbocycles. The van der Waals surface area contributed by atoms with Crippen LogP contribution >= 0.6 is 11.8 Å². The number of primary sulfonamides is 1. The van der Waals surface area contributed by atoms with Gasteiger partial charge in [0.05, 0.1) is 14.7 Å². The molecule has 0 amide bonds. The summed E-state index contributed by atoms with van der Waals surface area (Å²) in [4.78, 5) is 15.0. The topological polar surface area (TPSA) is 116 Å². The van der Waals surface area contributed by atoms with Gasteiger partial charge in [0.1, 0.15) is 0 Å². The lowest BCUT2D eigenvalue weighted by atomic mass is 10.3. The van der Waals surface area contributed by atoms with Gasteiger partial charge in [0.15, 0.2) is 0 Å². The predicted molar refractivity (Wildman–Crippen MR) is 72.8 cm³/mol. The van der Waals surface area contributed by atoms with Gasteiger partial charge in [-0.15, -0.1) is 0 Å². The lowest BCUT2D eigenvalue weighted by Gasteiger charge is -2.04. The van der Waals surface area contributed by atoms with Gasteiger partial charge < -0.3 is 0 Å². The van der Waals surface area contributed by atoms with E-state index in [1.807, 2.05) is 0 Å². The molecule has 0 saturated heterocycles. The molecule has 0 radical (unpaired) electrons. The van der Waals surface area contributed by atoms with Gasteiger partial charge in [-0.1, -0.05) is 11.8 Å². The molecule has 2 N–H and O–H groups in total. The largest absolute Gasteiger partial charge is 0.284 e. The first-order valence-corrected chi connectivity index (χ1v) is 7.63. The van der Waals surface area contributed by atoms with E-state index in [0.717, 1.165) is 22.7 Å². The van der Waals surface area contributed by atoms with Crippen molar-refractivity contribution in [2.24, 2.45) is 5.14 Å². The average Bonchev–Trinajstić information content (AvgIpc) is 2.38. The van der Waals surface area contributed by atoms with Gasteiger partial charge in [0, 0.05) is 23.4 Å². The minimum Gasteiger partial charge on any atom is -0.265 e. The third kappa shape index (κ3) is 3.32. The first kappa shape index (κ1) is 14.4. The fourth-order valence-corrected chi connectivity index (χ4v) is 2.86. The van der Waals surface area contributed by atoms with Crippen molar-refractivity contribution in [1.82, 2.24) is 4.98 Å². The minimum absolute atomic E-state index is 0.289. The number of nitrogens with zero attached hydrogens (tertiary/aromatic N) is 2. The van der Waals surface area contributed by atoms with Crippen LogP contribution in [-0.2, 0) is 10.0 Å². The smallest absolute Gasteiger partial charge is 0.265 e. The molecule has 0 saturated carbocycles. The van der Waals surface area contributed by atoms with E-state index in [0.29, 0.717) is 4.90 Å². The van der Waals surface area contributed by atoms with Gasteiger partial charge in [-0.25, -0.2) is 13.6 Å². The number of benzene rings is 1. The van der Waals surface area contributed by atoms with E-state index in [2.05, 4.69) is 4.98 Å². The number of nitro benzene ring substituents is 1. The first-order chi connectivity index (χ1) is 9.38. The Balaban J connectivity index is 2.46. The molecule has 0 fully saturated rings. The SMILES string of the molecule is NS(=O)(=O)c1ccc(Sc2ccncc2)c([N+](=O)[O-])c1. The Bertz CT molecular complexity index is 748. The number of hydrogen-bond donors (Lipinski definition) is 1. The Morgan fingerprint density at radius 2 is 1.85 bits per heavy atom. The fraction of sp³-hybridized carbons (Fsp3) is 0. The maximum atomic E-state index is 11.2. The number of sulfonamides is 1. The zero-order valence-corrected chi connectivity index (χ0v) is 11.6. The Hall–Kier alpha value is -1.97. The highest BCUT2D eigenvalue weighted by Gasteiger charge is 2.19. The third-order valence-corrected chi connectivity index (χ3v) is 4.32. The van der Waals surface area contributed by atoms with Crippen LogP contribution in [0.5, 0.6) is 0 Å². The Morgan fingerprint density at radius 3 is 2.40 bits per heavy atom. The van der Waals surface area contributed by atoms with Crippen molar-refractivity contribution in [3.05, 3.63) is 52.8 Å². The Labute approximate surface area is 119 Å². The number of pyridine rings is 1. The van der Waals surface area contributed by atoms with Crippen LogP contribution in [0, 0.1) is 10.1 Å². The summed E-state index contributed by atoms with van der Waals surface area (Å²) in [7, 11) is -3.97. The van der Waals surface area contributed by atoms with Gasteiger partial charge in [0.2, 0.25) is 10.0 Å². The van der Waals surface area contributed by atoms with Crippen molar-refractivity contribution in [1.29, 1.82) is 0 Å². The summed E-state index contributed by atoms with van der Waals surface area (Å²) in [6, 6.07) is 6.96. The van der Waals surface area contributed by atoms with E-state index in [9.17, 15) is 18.5 Å². The lowest BCUT2D eigenvalue weighted by Crippen LogP contribution is -2.12. The molecule has 1 aromatic heterocycles. The molecule has 1 heterocycles. The van der Waals surface area contributed by atoms with Crippen LogP contribution < -0.4 is 5.14 Å². The molecule has 0 atom stereocenters. The van der Waals surface area contributed by atoms with Gasteiger partial charge in [-0.2, -0.15) is 0 Å². The number of nitro groups is 1. The van der Waals surface area contributed by atoms with E-state index in [1.165, 1.54) is 12.1 Å². The van der Waals surface area contributed by atoms with Crippen molar-refractivity contribution in [3.8, 4) is 0 Å². The van der Waals surface area contributed by atoms with Crippen LogP contribution in [0.25, 0.3) is 0 Å². The van der Waals surface area contributed by atoms with Crippen molar-refractivity contribution in [2.75, 3.05) is 0 Å². The Kier molecular flexibility index (Phi) is 4.02. The van der Waals surface area contributed by atoms with E-state index < -0.39 is 14.9 Å². The van der Waals surface area contributed by atoms with Crippen LogP contribution in [0.3, 0.4) is 0 Å². The van der Waals surface area contributed by atoms with Crippen molar-refractivity contribution in [2.45, 2.75) is 14.7 Å². The number of hydrogen-bond acceptors (Lipinski definition) is 6. The molecule has 0 unspecified atom stereocenters. The molecule has 0 aliphatic carbocycles. The first-order valence-electron chi connectivity index (χ1n) is 5.27. The molecular formula is C11H9N3O4S2. The number of rotatable bonds is 4. The molecule has 0 spiro atoms. The van der Waals surface area contributed by atoms with E-state index in [1.54, 1.807) is 24.5 Å². The monoisotopic (exact) mass is 311 g/mol. The van der Waals surface area contributed by atoms with E-state index in [4.69, 9.17) is 5.14 Å². The highest BCUT2D eigenvalue weighted by molar-refractivity contribution is 7.99. The van der Waals surface area contributed by atoms with Crippen molar-refractivity contribution >= 4 is 27.5 Å². The van der Waals surface area contributed by atoms with Crippen LogP contribution in [-0.4, -0.2) is 18.3 Å². The summed E-state index contributed by atoms with van der Waals surface area (Å²) in [5.41, 5.74) is -0.307. The van der Waals surface area contributed by atoms with Crippen molar-refractivity contribution < 1.29 is 13.3 Å². The summed E-state index contributed by atoms with van der Waals surface area (Å²) in [5, 5.41) is 16.0. The van der Waals surface area contributed by atoms with Crippen LogP contribution in [0.4, 0.5) is 5.69 Å². The van der Waals surface area contributed by atoms with Crippen LogP contribution in [0.15, 0.2) is 57.4 Å². The fourth-order valence-electron chi connectivity index (χ4n) is 1.44. The predicted octanol–water partition coefficient (Wildman–Crippen LogP) is 1.79.